The Morgan fingerprint density at radius 2 is 2.00 bits per heavy atom. The first-order valence-corrected chi connectivity index (χ1v) is 10.6. The van der Waals surface area contributed by atoms with Crippen LogP contribution in [0.25, 0.3) is 11.4 Å². The highest BCUT2D eigenvalue weighted by molar-refractivity contribution is 9.10. The van der Waals surface area contributed by atoms with Crippen molar-refractivity contribution in [2.45, 2.75) is 18.6 Å². The van der Waals surface area contributed by atoms with Crippen molar-refractivity contribution in [3.63, 3.8) is 0 Å². The standard InChI is InChI=1S/C19H18BrClN4O2S/c1-3-25-18(12-4-7-14(27-2)8-5-12)23-24-19(25)28-11-17(26)22-13-6-9-15(20)16(21)10-13/h4-10H,3,11H2,1-2H3,(H,22,26). The lowest BCUT2D eigenvalue weighted by Crippen LogP contribution is -2.14. The number of rotatable bonds is 7. The molecule has 9 heteroatoms. The van der Waals surface area contributed by atoms with Crippen LogP contribution in [0.3, 0.4) is 0 Å². The highest BCUT2D eigenvalue weighted by Crippen LogP contribution is 2.27. The van der Waals surface area contributed by atoms with Gasteiger partial charge in [-0.2, -0.15) is 0 Å². The minimum atomic E-state index is -0.139. The van der Waals surface area contributed by atoms with Gasteiger partial charge in [0.1, 0.15) is 5.75 Å². The molecule has 0 radical (unpaired) electrons. The lowest BCUT2D eigenvalue weighted by atomic mass is 10.2. The van der Waals surface area contributed by atoms with Gasteiger partial charge in [-0.25, -0.2) is 0 Å². The van der Waals surface area contributed by atoms with Gasteiger partial charge < -0.3 is 14.6 Å². The average Bonchev–Trinajstić information content (AvgIpc) is 3.12. The van der Waals surface area contributed by atoms with Crippen molar-refractivity contribution < 1.29 is 9.53 Å². The first kappa shape index (κ1) is 20.7. The number of anilines is 1. The summed E-state index contributed by atoms with van der Waals surface area (Å²) in [5.74, 6) is 1.62. The molecule has 0 aliphatic heterocycles. The zero-order valence-electron chi connectivity index (χ0n) is 15.3. The van der Waals surface area contributed by atoms with E-state index in [1.807, 2.05) is 35.8 Å². The van der Waals surface area contributed by atoms with E-state index >= 15 is 0 Å². The van der Waals surface area contributed by atoms with Gasteiger partial charge in [0.2, 0.25) is 5.91 Å². The lowest BCUT2D eigenvalue weighted by molar-refractivity contribution is -0.113. The second-order valence-electron chi connectivity index (χ2n) is 5.74. The summed E-state index contributed by atoms with van der Waals surface area (Å²) in [5, 5.41) is 12.6. The van der Waals surface area contributed by atoms with Crippen molar-refractivity contribution in [3.05, 3.63) is 52.0 Å². The zero-order valence-corrected chi connectivity index (χ0v) is 18.4. The van der Waals surface area contributed by atoms with Crippen molar-refractivity contribution >= 4 is 50.9 Å². The van der Waals surface area contributed by atoms with Crippen molar-refractivity contribution in [1.29, 1.82) is 0 Å². The van der Waals surface area contributed by atoms with Crippen LogP contribution in [0.1, 0.15) is 6.92 Å². The number of halogens is 2. The van der Waals surface area contributed by atoms with Gasteiger partial charge in [0.25, 0.3) is 0 Å². The van der Waals surface area contributed by atoms with E-state index < -0.39 is 0 Å². The fraction of sp³-hybridized carbons (Fsp3) is 0.211. The molecule has 3 aromatic rings. The summed E-state index contributed by atoms with van der Waals surface area (Å²) in [6, 6.07) is 12.9. The fourth-order valence-corrected chi connectivity index (χ4v) is 3.76. The Balaban J connectivity index is 1.67. The van der Waals surface area contributed by atoms with Crippen molar-refractivity contribution in [2.75, 3.05) is 18.2 Å². The maximum atomic E-state index is 12.3. The Morgan fingerprint density at radius 3 is 2.64 bits per heavy atom. The number of aromatic nitrogens is 3. The maximum absolute atomic E-state index is 12.3. The first-order chi connectivity index (χ1) is 13.5. The molecule has 28 heavy (non-hydrogen) atoms. The van der Waals surface area contributed by atoms with Crippen LogP contribution in [0.2, 0.25) is 5.02 Å². The van der Waals surface area contributed by atoms with Crippen LogP contribution in [0.15, 0.2) is 52.1 Å². The summed E-state index contributed by atoms with van der Waals surface area (Å²) in [4.78, 5) is 12.3. The molecule has 0 bridgehead atoms. The number of benzene rings is 2. The van der Waals surface area contributed by atoms with Gasteiger partial charge in [-0.05, 0) is 65.3 Å². The summed E-state index contributed by atoms with van der Waals surface area (Å²) in [7, 11) is 1.63. The van der Waals surface area contributed by atoms with E-state index in [4.69, 9.17) is 16.3 Å². The molecule has 146 valence electrons. The second-order valence-corrected chi connectivity index (χ2v) is 7.95. The number of carbonyl (C=O) groups excluding carboxylic acids is 1. The molecule has 1 aromatic heterocycles. The molecule has 3 rings (SSSR count). The minimum Gasteiger partial charge on any atom is -0.497 e. The molecule has 0 atom stereocenters. The second kappa shape index (κ2) is 9.45. The molecule has 0 fully saturated rings. The molecular weight excluding hydrogens is 464 g/mol. The van der Waals surface area contributed by atoms with E-state index in [-0.39, 0.29) is 11.7 Å². The Labute approximate surface area is 180 Å². The fourth-order valence-electron chi connectivity index (χ4n) is 2.54. The molecule has 0 spiro atoms. The van der Waals surface area contributed by atoms with Crippen molar-refractivity contribution in [2.24, 2.45) is 0 Å². The molecule has 0 unspecified atom stereocenters. The number of nitrogens with zero attached hydrogens (tertiary/aromatic N) is 3. The van der Waals surface area contributed by atoms with Crippen LogP contribution in [0, 0.1) is 0 Å². The van der Waals surface area contributed by atoms with E-state index in [9.17, 15) is 4.79 Å². The Morgan fingerprint density at radius 1 is 1.25 bits per heavy atom. The molecule has 1 heterocycles. The lowest BCUT2D eigenvalue weighted by Gasteiger charge is -2.09. The number of carbonyl (C=O) groups is 1. The van der Waals surface area contributed by atoms with Gasteiger partial charge in [0.05, 0.1) is 17.9 Å². The Bertz CT molecular complexity index is 979. The number of ether oxygens (including phenoxy) is 1. The third-order valence-corrected chi connectivity index (χ3v) is 6.12. The van der Waals surface area contributed by atoms with Gasteiger partial charge in [0.15, 0.2) is 11.0 Å². The number of methoxy groups -OCH3 is 1. The smallest absolute Gasteiger partial charge is 0.234 e. The van der Waals surface area contributed by atoms with E-state index in [1.54, 1.807) is 25.3 Å². The van der Waals surface area contributed by atoms with Gasteiger partial charge in [-0.15, -0.1) is 10.2 Å². The molecule has 0 saturated carbocycles. The van der Waals surface area contributed by atoms with E-state index in [2.05, 4.69) is 31.4 Å². The third kappa shape index (κ3) is 4.87. The molecule has 0 aliphatic rings. The molecule has 0 saturated heterocycles. The van der Waals surface area contributed by atoms with Gasteiger partial charge >= 0.3 is 0 Å². The van der Waals surface area contributed by atoms with E-state index in [0.717, 1.165) is 21.6 Å². The number of hydrogen-bond donors (Lipinski definition) is 1. The molecule has 1 N–H and O–H groups in total. The predicted octanol–water partition coefficient (Wildman–Crippen LogP) is 5.12. The normalized spacial score (nSPS) is 10.7. The molecule has 2 aromatic carbocycles. The van der Waals surface area contributed by atoms with E-state index in [1.165, 1.54) is 11.8 Å². The van der Waals surface area contributed by atoms with Crippen LogP contribution in [0.4, 0.5) is 5.69 Å². The maximum Gasteiger partial charge on any atom is 0.234 e. The summed E-state index contributed by atoms with van der Waals surface area (Å²) >= 11 is 10.7. The summed E-state index contributed by atoms with van der Waals surface area (Å²) < 4.78 is 7.96. The highest BCUT2D eigenvalue weighted by atomic mass is 79.9. The van der Waals surface area contributed by atoms with Crippen molar-refractivity contribution in [3.8, 4) is 17.1 Å². The summed E-state index contributed by atoms with van der Waals surface area (Å²) in [6.45, 7) is 2.71. The summed E-state index contributed by atoms with van der Waals surface area (Å²) in [6.07, 6.45) is 0. The van der Waals surface area contributed by atoms with E-state index in [0.29, 0.717) is 22.4 Å². The van der Waals surface area contributed by atoms with Gasteiger partial charge in [0, 0.05) is 22.3 Å². The molecular formula is C19H18BrClN4O2S. The molecule has 1 amide bonds. The first-order valence-electron chi connectivity index (χ1n) is 8.47. The third-order valence-electron chi connectivity index (χ3n) is 3.92. The largest absolute Gasteiger partial charge is 0.497 e. The number of hydrogen-bond acceptors (Lipinski definition) is 5. The van der Waals surface area contributed by atoms with Crippen LogP contribution in [0.5, 0.6) is 5.75 Å². The minimum absolute atomic E-state index is 0.139. The zero-order chi connectivity index (χ0) is 20.1. The monoisotopic (exact) mass is 480 g/mol. The quantitative estimate of drug-likeness (QED) is 0.474. The Hall–Kier alpha value is -2.03. The number of thioether (sulfide) groups is 1. The summed E-state index contributed by atoms with van der Waals surface area (Å²) in [5.41, 5.74) is 1.59. The van der Waals surface area contributed by atoms with Crippen LogP contribution in [-0.4, -0.2) is 33.5 Å². The predicted molar refractivity (Wildman–Crippen MR) is 116 cm³/mol. The number of amides is 1. The van der Waals surface area contributed by atoms with Gasteiger partial charge in [-0.3, -0.25) is 4.79 Å². The van der Waals surface area contributed by atoms with Crippen molar-refractivity contribution in [1.82, 2.24) is 14.8 Å². The highest BCUT2D eigenvalue weighted by Gasteiger charge is 2.15. The molecule has 0 aliphatic carbocycles. The topological polar surface area (TPSA) is 69.0 Å². The van der Waals surface area contributed by atoms with Crippen LogP contribution >= 0.6 is 39.3 Å². The SMILES string of the molecule is CCn1c(SCC(=O)Nc2ccc(Br)c(Cl)c2)nnc1-c1ccc(OC)cc1. The average molecular weight is 482 g/mol. The Kier molecular flexibility index (Phi) is 6.98. The number of nitrogens with one attached hydrogen (secondary N) is 1. The van der Waals surface area contributed by atoms with Crippen LogP contribution < -0.4 is 10.1 Å². The van der Waals surface area contributed by atoms with Gasteiger partial charge in [-0.1, -0.05) is 23.4 Å². The van der Waals surface area contributed by atoms with Crippen LogP contribution in [-0.2, 0) is 11.3 Å². The molecule has 6 nitrogen and oxygen atoms in total.